The second kappa shape index (κ2) is 5.55. The predicted octanol–water partition coefficient (Wildman–Crippen LogP) is 2.28. The second-order valence-corrected chi connectivity index (χ2v) is 5.96. The Balaban J connectivity index is 1.68. The lowest BCUT2D eigenvalue weighted by Gasteiger charge is -2.39. The molecule has 0 atom stereocenters. The Morgan fingerprint density at radius 1 is 1.37 bits per heavy atom. The summed E-state index contributed by atoms with van der Waals surface area (Å²) in [5.74, 6) is 1.41. The van der Waals surface area contributed by atoms with Gasteiger partial charge < -0.3 is 9.64 Å². The van der Waals surface area contributed by atoms with Crippen LogP contribution in [-0.2, 0) is 11.2 Å². The van der Waals surface area contributed by atoms with Crippen LogP contribution in [-0.4, -0.2) is 39.7 Å². The number of aryl methyl sites for hydroxylation is 1. The van der Waals surface area contributed by atoms with Crippen molar-refractivity contribution in [3.8, 4) is 0 Å². The van der Waals surface area contributed by atoms with Crippen molar-refractivity contribution in [2.45, 2.75) is 39.2 Å². The van der Waals surface area contributed by atoms with Crippen LogP contribution in [0.4, 0.5) is 4.79 Å². The summed E-state index contributed by atoms with van der Waals surface area (Å²) in [5, 5.41) is 0. The molecule has 0 bridgehead atoms. The van der Waals surface area contributed by atoms with Gasteiger partial charge in [-0.25, -0.2) is 14.8 Å². The highest BCUT2D eigenvalue weighted by Gasteiger charge is 2.33. The Morgan fingerprint density at radius 3 is 2.58 bits per heavy atom. The first kappa shape index (κ1) is 13.8. The fourth-order valence-electron chi connectivity index (χ4n) is 2.02. The van der Waals surface area contributed by atoms with Gasteiger partial charge in [0.25, 0.3) is 0 Å². The summed E-state index contributed by atoms with van der Waals surface area (Å²) in [4.78, 5) is 21.9. The minimum Gasteiger partial charge on any atom is -0.444 e. The standard InChI is InChI=1S/C14H21N3O2/c1-14(2,3)19-13(18)17-9-11(10-17)5-6-12-15-7-4-8-16-12/h4,7-8,11H,5-6,9-10H2,1-3H3. The Hall–Kier alpha value is -1.65. The number of rotatable bonds is 3. The van der Waals surface area contributed by atoms with E-state index in [0.29, 0.717) is 5.92 Å². The average Bonchev–Trinajstić information content (AvgIpc) is 2.25. The molecule has 5 nitrogen and oxygen atoms in total. The van der Waals surface area contributed by atoms with Crippen LogP contribution in [0.15, 0.2) is 18.5 Å². The minimum atomic E-state index is -0.417. The van der Waals surface area contributed by atoms with Crippen LogP contribution in [0, 0.1) is 5.92 Å². The van der Waals surface area contributed by atoms with Crippen molar-refractivity contribution in [3.63, 3.8) is 0 Å². The fourth-order valence-corrected chi connectivity index (χ4v) is 2.02. The molecular formula is C14H21N3O2. The minimum absolute atomic E-state index is 0.209. The van der Waals surface area contributed by atoms with E-state index in [-0.39, 0.29) is 6.09 Å². The van der Waals surface area contributed by atoms with Gasteiger partial charge in [0, 0.05) is 31.9 Å². The molecule has 0 aliphatic carbocycles. The predicted molar refractivity (Wildman–Crippen MR) is 71.7 cm³/mol. The van der Waals surface area contributed by atoms with Crippen LogP contribution in [0.2, 0.25) is 0 Å². The van der Waals surface area contributed by atoms with Crippen molar-refractivity contribution in [1.82, 2.24) is 14.9 Å². The molecule has 1 aromatic heterocycles. The molecule has 0 unspecified atom stereocenters. The highest BCUT2D eigenvalue weighted by atomic mass is 16.6. The zero-order valence-corrected chi connectivity index (χ0v) is 11.8. The van der Waals surface area contributed by atoms with Crippen molar-refractivity contribution in [3.05, 3.63) is 24.3 Å². The molecule has 1 saturated heterocycles. The third-order valence-electron chi connectivity index (χ3n) is 3.00. The first-order valence-corrected chi connectivity index (χ1v) is 6.68. The van der Waals surface area contributed by atoms with Crippen LogP contribution in [0.1, 0.15) is 33.0 Å². The summed E-state index contributed by atoms with van der Waals surface area (Å²) < 4.78 is 5.32. The van der Waals surface area contributed by atoms with Crippen molar-refractivity contribution >= 4 is 6.09 Å². The SMILES string of the molecule is CC(C)(C)OC(=O)N1CC(CCc2ncccn2)C1. The van der Waals surface area contributed by atoms with Gasteiger partial charge in [-0.2, -0.15) is 0 Å². The zero-order valence-electron chi connectivity index (χ0n) is 11.8. The summed E-state index contributed by atoms with van der Waals surface area (Å²) in [6.45, 7) is 7.21. The number of aromatic nitrogens is 2. The molecule has 1 amide bonds. The van der Waals surface area contributed by atoms with Crippen LogP contribution in [0.25, 0.3) is 0 Å². The van der Waals surface area contributed by atoms with Crippen LogP contribution in [0.5, 0.6) is 0 Å². The van der Waals surface area contributed by atoms with E-state index in [1.165, 1.54) is 0 Å². The lowest BCUT2D eigenvalue weighted by molar-refractivity contribution is -0.00208. The van der Waals surface area contributed by atoms with Gasteiger partial charge in [0.1, 0.15) is 11.4 Å². The number of carbonyl (C=O) groups is 1. The Kier molecular flexibility index (Phi) is 4.02. The molecule has 0 aromatic carbocycles. The van der Waals surface area contributed by atoms with E-state index in [1.54, 1.807) is 17.3 Å². The quantitative estimate of drug-likeness (QED) is 0.839. The highest BCUT2D eigenvalue weighted by molar-refractivity contribution is 5.69. The number of hydrogen-bond acceptors (Lipinski definition) is 4. The van der Waals surface area contributed by atoms with Gasteiger partial charge in [0.05, 0.1) is 0 Å². The van der Waals surface area contributed by atoms with E-state index in [2.05, 4.69) is 9.97 Å². The number of likely N-dealkylation sites (tertiary alicyclic amines) is 1. The maximum atomic E-state index is 11.7. The number of ether oxygens (including phenoxy) is 1. The van der Waals surface area contributed by atoms with Gasteiger partial charge in [-0.15, -0.1) is 0 Å². The van der Waals surface area contributed by atoms with Crippen molar-refractivity contribution < 1.29 is 9.53 Å². The molecule has 104 valence electrons. The van der Waals surface area contributed by atoms with Gasteiger partial charge >= 0.3 is 6.09 Å². The molecule has 1 aliphatic rings. The van der Waals surface area contributed by atoms with Gasteiger partial charge in [0.2, 0.25) is 0 Å². The van der Waals surface area contributed by atoms with E-state index < -0.39 is 5.60 Å². The molecule has 0 saturated carbocycles. The van der Waals surface area contributed by atoms with Gasteiger partial charge in [0.15, 0.2) is 0 Å². The van der Waals surface area contributed by atoms with Crippen molar-refractivity contribution in [2.24, 2.45) is 5.92 Å². The highest BCUT2D eigenvalue weighted by Crippen LogP contribution is 2.22. The fraction of sp³-hybridized carbons (Fsp3) is 0.643. The Morgan fingerprint density at radius 2 is 2.00 bits per heavy atom. The molecule has 0 spiro atoms. The van der Waals surface area contributed by atoms with E-state index in [0.717, 1.165) is 31.8 Å². The van der Waals surface area contributed by atoms with Crippen LogP contribution in [0.3, 0.4) is 0 Å². The third-order valence-corrected chi connectivity index (χ3v) is 3.00. The topological polar surface area (TPSA) is 55.3 Å². The summed E-state index contributed by atoms with van der Waals surface area (Å²) in [7, 11) is 0. The number of nitrogens with zero attached hydrogens (tertiary/aromatic N) is 3. The summed E-state index contributed by atoms with van der Waals surface area (Å²) in [6, 6.07) is 1.82. The van der Waals surface area contributed by atoms with E-state index >= 15 is 0 Å². The molecule has 5 heteroatoms. The lowest BCUT2D eigenvalue weighted by atomic mass is 9.95. The Bertz CT molecular complexity index is 422. The van der Waals surface area contributed by atoms with Crippen molar-refractivity contribution in [2.75, 3.05) is 13.1 Å². The number of carbonyl (C=O) groups excluding carboxylic acids is 1. The summed E-state index contributed by atoms with van der Waals surface area (Å²) >= 11 is 0. The number of hydrogen-bond donors (Lipinski definition) is 0. The van der Waals surface area contributed by atoms with E-state index in [9.17, 15) is 4.79 Å². The van der Waals surface area contributed by atoms with Crippen LogP contribution < -0.4 is 0 Å². The first-order valence-electron chi connectivity index (χ1n) is 6.68. The third kappa shape index (κ3) is 4.19. The maximum absolute atomic E-state index is 11.7. The first-order chi connectivity index (χ1) is 8.94. The van der Waals surface area contributed by atoms with E-state index in [1.807, 2.05) is 26.8 Å². The molecular weight excluding hydrogens is 242 g/mol. The summed E-state index contributed by atoms with van der Waals surface area (Å²) in [6.07, 6.45) is 5.20. The maximum Gasteiger partial charge on any atom is 0.410 e. The van der Waals surface area contributed by atoms with E-state index in [4.69, 9.17) is 4.74 Å². The second-order valence-electron chi connectivity index (χ2n) is 5.96. The lowest BCUT2D eigenvalue weighted by Crippen LogP contribution is -2.51. The molecule has 0 radical (unpaired) electrons. The molecule has 2 heterocycles. The molecule has 1 fully saturated rings. The van der Waals surface area contributed by atoms with Crippen molar-refractivity contribution in [1.29, 1.82) is 0 Å². The zero-order chi connectivity index (χ0) is 13.9. The Labute approximate surface area is 114 Å². The largest absolute Gasteiger partial charge is 0.444 e. The van der Waals surface area contributed by atoms with Gasteiger partial charge in [-0.1, -0.05) is 0 Å². The monoisotopic (exact) mass is 263 g/mol. The smallest absolute Gasteiger partial charge is 0.410 e. The molecule has 2 rings (SSSR count). The molecule has 0 N–H and O–H groups in total. The van der Waals surface area contributed by atoms with Crippen LogP contribution >= 0.6 is 0 Å². The van der Waals surface area contributed by atoms with Gasteiger partial charge in [-0.3, -0.25) is 0 Å². The molecule has 1 aliphatic heterocycles. The average molecular weight is 263 g/mol. The summed E-state index contributed by atoms with van der Waals surface area (Å²) in [5.41, 5.74) is -0.417. The number of amides is 1. The molecule has 19 heavy (non-hydrogen) atoms. The normalized spacial score (nSPS) is 16.1. The van der Waals surface area contributed by atoms with Gasteiger partial charge in [-0.05, 0) is 39.2 Å². The molecule has 1 aromatic rings.